The molecule has 0 bridgehead atoms. The van der Waals surface area contributed by atoms with Crippen LogP contribution in [-0.4, -0.2) is 15.0 Å². The Morgan fingerprint density at radius 1 is 0.339 bits per heavy atom. The average molecular weight is 718 g/mol. The van der Waals surface area contributed by atoms with Crippen LogP contribution in [0.15, 0.2) is 199 Å². The van der Waals surface area contributed by atoms with Crippen LogP contribution in [0.1, 0.15) is 5.56 Å². The molecule has 10 rings (SSSR count). The highest BCUT2D eigenvalue weighted by atomic mass is 16.3. The molecule has 10 aromatic rings. The molecule has 0 N–H and O–H groups in total. The molecule has 8 aromatic carbocycles. The summed E-state index contributed by atoms with van der Waals surface area (Å²) >= 11 is 0. The predicted molar refractivity (Wildman–Crippen MR) is 230 cm³/mol. The number of furan rings is 1. The van der Waals surface area contributed by atoms with E-state index in [4.69, 9.17) is 19.4 Å². The summed E-state index contributed by atoms with van der Waals surface area (Å²) in [5.41, 5.74) is 14.6. The standard InChI is InChI=1S/C52H35N3O/c1-34-13-11-20-40(31-34)36-23-25-39(26-24-36)51-53-50(38-18-9-4-10-19-38)54-52(55-51)43-27-28-46-47(33-43)56-49-45(37-16-7-3-8-17-37)30-29-44(48(46)49)42-22-12-21-41(32-42)35-14-5-2-6-15-35/h2-33H,1H3. The molecule has 0 aliphatic rings. The van der Waals surface area contributed by atoms with Gasteiger partial charge in [0.1, 0.15) is 11.2 Å². The number of rotatable bonds is 7. The normalized spacial score (nSPS) is 11.3. The van der Waals surface area contributed by atoms with Gasteiger partial charge in [0.25, 0.3) is 0 Å². The van der Waals surface area contributed by atoms with E-state index >= 15 is 0 Å². The lowest BCUT2D eigenvalue weighted by Gasteiger charge is -2.10. The maximum atomic E-state index is 6.90. The lowest BCUT2D eigenvalue weighted by atomic mass is 9.93. The van der Waals surface area contributed by atoms with E-state index in [1.165, 1.54) is 22.3 Å². The van der Waals surface area contributed by atoms with Crippen LogP contribution in [-0.2, 0) is 0 Å². The van der Waals surface area contributed by atoms with Crippen molar-refractivity contribution in [3.63, 3.8) is 0 Å². The SMILES string of the molecule is Cc1cccc(-c2ccc(-c3nc(-c4ccccc4)nc(-c4ccc5c(c4)oc4c(-c6ccccc6)ccc(-c6cccc(-c7ccccc7)c6)c45)n3)cc2)c1. The van der Waals surface area contributed by atoms with Crippen LogP contribution in [0.4, 0.5) is 0 Å². The van der Waals surface area contributed by atoms with E-state index in [0.717, 1.165) is 66.4 Å². The van der Waals surface area contributed by atoms with Crippen molar-refractivity contribution in [2.24, 2.45) is 0 Å². The van der Waals surface area contributed by atoms with E-state index in [1.807, 2.05) is 36.4 Å². The highest BCUT2D eigenvalue weighted by Crippen LogP contribution is 2.43. The molecule has 56 heavy (non-hydrogen) atoms. The number of aromatic nitrogens is 3. The molecular weight excluding hydrogens is 683 g/mol. The first kappa shape index (κ1) is 33.2. The highest BCUT2D eigenvalue weighted by Gasteiger charge is 2.20. The first-order chi connectivity index (χ1) is 27.6. The first-order valence-electron chi connectivity index (χ1n) is 18.8. The molecule has 0 aliphatic carbocycles. The third-order valence-electron chi connectivity index (χ3n) is 10.4. The summed E-state index contributed by atoms with van der Waals surface area (Å²) in [5.74, 6) is 1.81. The largest absolute Gasteiger partial charge is 0.455 e. The Bertz CT molecular complexity index is 3010. The molecule has 0 unspecified atom stereocenters. The van der Waals surface area contributed by atoms with Crippen LogP contribution in [0.5, 0.6) is 0 Å². The van der Waals surface area contributed by atoms with Crippen LogP contribution in [0.2, 0.25) is 0 Å². The van der Waals surface area contributed by atoms with E-state index in [2.05, 4.69) is 165 Å². The van der Waals surface area contributed by atoms with Gasteiger partial charge in [-0.05, 0) is 70.1 Å². The van der Waals surface area contributed by atoms with Crippen molar-refractivity contribution in [1.29, 1.82) is 0 Å². The van der Waals surface area contributed by atoms with Crippen molar-refractivity contribution >= 4 is 21.9 Å². The summed E-state index contributed by atoms with van der Waals surface area (Å²) in [4.78, 5) is 15.1. The maximum absolute atomic E-state index is 6.90. The van der Waals surface area contributed by atoms with Crippen molar-refractivity contribution in [2.75, 3.05) is 0 Å². The smallest absolute Gasteiger partial charge is 0.164 e. The highest BCUT2D eigenvalue weighted by molar-refractivity contribution is 6.16. The van der Waals surface area contributed by atoms with Gasteiger partial charge in [-0.1, -0.05) is 175 Å². The molecule has 0 amide bonds. The van der Waals surface area contributed by atoms with Gasteiger partial charge in [0.15, 0.2) is 17.5 Å². The van der Waals surface area contributed by atoms with Crippen molar-refractivity contribution < 1.29 is 4.42 Å². The minimum Gasteiger partial charge on any atom is -0.455 e. The molecule has 0 saturated heterocycles. The number of hydrogen-bond acceptors (Lipinski definition) is 4. The summed E-state index contributed by atoms with van der Waals surface area (Å²) in [6, 6.07) is 67.5. The number of benzene rings is 8. The molecule has 0 aliphatic heterocycles. The van der Waals surface area contributed by atoms with Gasteiger partial charge in [-0.2, -0.15) is 0 Å². The van der Waals surface area contributed by atoms with Crippen molar-refractivity contribution in [3.8, 4) is 78.7 Å². The van der Waals surface area contributed by atoms with Gasteiger partial charge in [-0.25, -0.2) is 15.0 Å². The van der Waals surface area contributed by atoms with Crippen molar-refractivity contribution in [2.45, 2.75) is 6.92 Å². The molecular formula is C52H35N3O. The predicted octanol–water partition coefficient (Wildman–Crippen LogP) is 13.7. The fraction of sp³-hybridized carbons (Fsp3) is 0.0192. The second-order valence-corrected chi connectivity index (χ2v) is 14.1. The van der Waals surface area contributed by atoms with Crippen LogP contribution < -0.4 is 0 Å². The summed E-state index contributed by atoms with van der Waals surface area (Å²) in [6.07, 6.45) is 0. The zero-order chi connectivity index (χ0) is 37.4. The van der Waals surface area contributed by atoms with Gasteiger partial charge in [-0.15, -0.1) is 0 Å². The zero-order valence-corrected chi connectivity index (χ0v) is 30.7. The molecule has 0 saturated carbocycles. The van der Waals surface area contributed by atoms with E-state index in [1.54, 1.807) is 0 Å². The minimum atomic E-state index is 0.582. The Kier molecular flexibility index (Phi) is 8.34. The van der Waals surface area contributed by atoms with Crippen molar-refractivity contribution in [3.05, 3.63) is 200 Å². The van der Waals surface area contributed by atoms with Gasteiger partial charge in [0, 0.05) is 33.0 Å². The topological polar surface area (TPSA) is 51.8 Å². The molecule has 0 atom stereocenters. The van der Waals surface area contributed by atoms with Crippen molar-refractivity contribution in [1.82, 2.24) is 15.0 Å². The Balaban J connectivity index is 1.13. The molecule has 4 nitrogen and oxygen atoms in total. The second kappa shape index (κ2) is 14.1. The van der Waals surface area contributed by atoms with Gasteiger partial charge in [-0.3, -0.25) is 0 Å². The number of nitrogens with zero attached hydrogens (tertiary/aromatic N) is 3. The van der Waals surface area contributed by atoms with Crippen LogP contribution in [0.25, 0.3) is 101 Å². The van der Waals surface area contributed by atoms with E-state index in [0.29, 0.717) is 17.5 Å². The Hall–Kier alpha value is -7.43. The van der Waals surface area contributed by atoms with E-state index < -0.39 is 0 Å². The second-order valence-electron chi connectivity index (χ2n) is 14.1. The van der Waals surface area contributed by atoms with Gasteiger partial charge in [0.2, 0.25) is 0 Å². The average Bonchev–Trinajstić information content (AvgIpc) is 3.66. The summed E-state index contributed by atoms with van der Waals surface area (Å²) in [5, 5.41) is 2.11. The first-order valence-corrected chi connectivity index (χ1v) is 18.8. The van der Waals surface area contributed by atoms with Crippen LogP contribution in [0, 0.1) is 6.92 Å². The molecule has 2 heterocycles. The third kappa shape index (κ3) is 6.23. The maximum Gasteiger partial charge on any atom is 0.164 e. The molecule has 0 spiro atoms. The fourth-order valence-corrected chi connectivity index (χ4v) is 7.59. The number of aryl methyl sites for hydroxylation is 1. The summed E-state index contributed by atoms with van der Waals surface area (Å²) in [7, 11) is 0. The third-order valence-corrected chi connectivity index (χ3v) is 10.4. The van der Waals surface area contributed by atoms with Gasteiger partial charge in [0.05, 0.1) is 0 Å². The van der Waals surface area contributed by atoms with E-state index in [-0.39, 0.29) is 0 Å². The molecule has 4 heteroatoms. The Morgan fingerprint density at radius 2 is 0.821 bits per heavy atom. The lowest BCUT2D eigenvalue weighted by Crippen LogP contribution is -2.00. The fourth-order valence-electron chi connectivity index (χ4n) is 7.59. The Morgan fingerprint density at radius 3 is 1.50 bits per heavy atom. The quantitative estimate of drug-likeness (QED) is 0.165. The summed E-state index contributed by atoms with van der Waals surface area (Å²) < 4.78 is 6.90. The molecule has 264 valence electrons. The zero-order valence-electron chi connectivity index (χ0n) is 30.7. The van der Waals surface area contributed by atoms with Crippen LogP contribution >= 0.6 is 0 Å². The van der Waals surface area contributed by atoms with Gasteiger partial charge >= 0.3 is 0 Å². The Labute approximate surface area is 325 Å². The molecule has 2 aromatic heterocycles. The van der Waals surface area contributed by atoms with E-state index in [9.17, 15) is 0 Å². The van der Waals surface area contributed by atoms with Gasteiger partial charge < -0.3 is 4.42 Å². The lowest BCUT2D eigenvalue weighted by molar-refractivity contribution is 0.670. The number of fused-ring (bicyclic) bond motifs is 3. The number of hydrogen-bond donors (Lipinski definition) is 0. The monoisotopic (exact) mass is 717 g/mol. The molecule has 0 radical (unpaired) electrons. The molecule has 0 fully saturated rings. The van der Waals surface area contributed by atoms with Crippen LogP contribution in [0.3, 0.4) is 0 Å². The summed E-state index contributed by atoms with van der Waals surface area (Å²) in [6.45, 7) is 2.12. The minimum absolute atomic E-state index is 0.582.